The molecule has 2 N–H and O–H groups in total. The third-order valence-corrected chi connectivity index (χ3v) is 3.24. The maximum absolute atomic E-state index is 6.38. The molecule has 0 aliphatic carbocycles. The molecule has 2 aromatic rings. The second-order valence-electron chi connectivity index (χ2n) is 5.09. The number of aromatic nitrogens is 4. The van der Waals surface area contributed by atoms with Gasteiger partial charge in [0.25, 0.3) is 0 Å². The van der Waals surface area contributed by atoms with Gasteiger partial charge in [-0.2, -0.15) is 4.80 Å². The molecule has 1 aromatic carbocycles. The van der Waals surface area contributed by atoms with Gasteiger partial charge in [0.2, 0.25) is 0 Å². The molecule has 0 amide bonds. The van der Waals surface area contributed by atoms with E-state index in [0.29, 0.717) is 12.2 Å². The van der Waals surface area contributed by atoms with E-state index in [9.17, 15) is 0 Å². The van der Waals surface area contributed by atoms with E-state index in [4.69, 9.17) is 5.73 Å². The summed E-state index contributed by atoms with van der Waals surface area (Å²) < 4.78 is 0. The topological polar surface area (TPSA) is 69.6 Å². The molecule has 0 fully saturated rings. The van der Waals surface area contributed by atoms with Crippen LogP contribution in [-0.4, -0.2) is 20.2 Å². The number of hydrogen-bond acceptors (Lipinski definition) is 4. The van der Waals surface area contributed by atoms with Gasteiger partial charge in [0.15, 0.2) is 5.82 Å². The van der Waals surface area contributed by atoms with E-state index in [-0.39, 0.29) is 0 Å². The van der Waals surface area contributed by atoms with E-state index in [2.05, 4.69) is 47.5 Å². The fourth-order valence-corrected chi connectivity index (χ4v) is 1.92. The lowest BCUT2D eigenvalue weighted by Gasteiger charge is -2.24. The second-order valence-corrected chi connectivity index (χ2v) is 5.09. The van der Waals surface area contributed by atoms with Gasteiger partial charge < -0.3 is 5.73 Å². The van der Waals surface area contributed by atoms with Gasteiger partial charge in [0.1, 0.15) is 0 Å². The maximum Gasteiger partial charge on any atom is 0.176 e. The lowest BCUT2D eigenvalue weighted by molar-refractivity contribution is 0.476. The molecule has 96 valence electrons. The van der Waals surface area contributed by atoms with Crippen LogP contribution in [0.25, 0.3) is 0 Å². The maximum atomic E-state index is 6.38. The highest BCUT2D eigenvalue weighted by Crippen LogP contribution is 2.23. The van der Waals surface area contributed by atoms with E-state index < -0.39 is 5.54 Å². The Hall–Kier alpha value is -1.75. The first-order valence-electron chi connectivity index (χ1n) is 5.98. The lowest BCUT2D eigenvalue weighted by Crippen LogP contribution is -2.36. The van der Waals surface area contributed by atoms with Crippen LogP contribution in [0.5, 0.6) is 0 Å². The Labute approximate surface area is 107 Å². The number of hydrogen-bond donors (Lipinski definition) is 1. The van der Waals surface area contributed by atoms with Gasteiger partial charge in [-0.1, -0.05) is 18.2 Å². The summed E-state index contributed by atoms with van der Waals surface area (Å²) >= 11 is 0. The number of rotatable bonds is 3. The van der Waals surface area contributed by atoms with Crippen LogP contribution in [0.1, 0.15) is 29.4 Å². The van der Waals surface area contributed by atoms with Crippen LogP contribution >= 0.6 is 0 Å². The molecule has 0 aliphatic rings. The van der Waals surface area contributed by atoms with Crippen molar-refractivity contribution in [3.63, 3.8) is 0 Å². The van der Waals surface area contributed by atoms with Gasteiger partial charge in [-0.15, -0.1) is 10.2 Å². The van der Waals surface area contributed by atoms with Crippen molar-refractivity contribution in [3.05, 3.63) is 40.7 Å². The van der Waals surface area contributed by atoms with Crippen LogP contribution in [0, 0.1) is 13.8 Å². The molecule has 0 bridgehead atoms. The predicted octanol–water partition coefficient (Wildman–Crippen LogP) is 1.24. The fourth-order valence-electron chi connectivity index (χ4n) is 1.92. The zero-order valence-electron chi connectivity index (χ0n) is 11.3. The van der Waals surface area contributed by atoms with Crippen molar-refractivity contribution < 1.29 is 0 Å². The molecule has 1 heterocycles. The molecule has 0 aliphatic heterocycles. The van der Waals surface area contributed by atoms with Crippen LogP contribution < -0.4 is 5.73 Å². The average Bonchev–Trinajstić information content (AvgIpc) is 2.67. The van der Waals surface area contributed by atoms with Crippen molar-refractivity contribution in [2.75, 3.05) is 0 Å². The van der Waals surface area contributed by atoms with Gasteiger partial charge in [-0.3, -0.25) is 0 Å². The highest BCUT2D eigenvalue weighted by molar-refractivity contribution is 5.34. The summed E-state index contributed by atoms with van der Waals surface area (Å²) in [6.07, 6.45) is 0.573. The van der Waals surface area contributed by atoms with Gasteiger partial charge >= 0.3 is 0 Å². The number of aryl methyl sites for hydroxylation is 3. The summed E-state index contributed by atoms with van der Waals surface area (Å²) in [6.45, 7) is 6.18. The molecule has 0 saturated heterocycles. The van der Waals surface area contributed by atoms with E-state index in [0.717, 1.165) is 5.56 Å². The van der Waals surface area contributed by atoms with Gasteiger partial charge in [-0.05, 0) is 42.7 Å². The highest BCUT2D eigenvalue weighted by Gasteiger charge is 2.24. The highest BCUT2D eigenvalue weighted by atomic mass is 15.6. The van der Waals surface area contributed by atoms with Crippen molar-refractivity contribution >= 4 is 0 Å². The molecule has 18 heavy (non-hydrogen) atoms. The Morgan fingerprint density at radius 3 is 2.56 bits per heavy atom. The molecule has 1 aromatic heterocycles. The standard InChI is InChI=1S/C13H19N5/c1-9-5-6-11(7-10(9)2)13(3,14)8-12-15-17-18(4)16-12/h5-7H,8,14H2,1-4H3. The zero-order chi connectivity index (χ0) is 13.3. The van der Waals surface area contributed by atoms with Gasteiger partial charge in [0, 0.05) is 12.0 Å². The second kappa shape index (κ2) is 4.49. The number of nitrogens with two attached hydrogens (primary N) is 1. The summed E-state index contributed by atoms with van der Waals surface area (Å²) in [4.78, 5) is 1.45. The molecule has 0 radical (unpaired) electrons. The largest absolute Gasteiger partial charge is 0.321 e. The van der Waals surface area contributed by atoms with Crippen molar-refractivity contribution in [1.82, 2.24) is 20.2 Å². The summed E-state index contributed by atoms with van der Waals surface area (Å²) in [5.41, 5.74) is 9.51. The van der Waals surface area contributed by atoms with Crippen LogP contribution in [0.3, 0.4) is 0 Å². The van der Waals surface area contributed by atoms with E-state index in [1.165, 1.54) is 15.9 Å². The quantitative estimate of drug-likeness (QED) is 0.883. The van der Waals surface area contributed by atoms with E-state index in [1.54, 1.807) is 7.05 Å². The Balaban J connectivity index is 2.26. The third kappa shape index (κ3) is 2.56. The molecular weight excluding hydrogens is 226 g/mol. The third-order valence-electron chi connectivity index (χ3n) is 3.24. The summed E-state index contributed by atoms with van der Waals surface area (Å²) in [5, 5.41) is 12.0. The summed E-state index contributed by atoms with van der Waals surface area (Å²) in [7, 11) is 1.75. The Kier molecular flexibility index (Phi) is 3.17. The monoisotopic (exact) mass is 245 g/mol. The molecule has 0 spiro atoms. The van der Waals surface area contributed by atoms with Gasteiger partial charge in [0.05, 0.1) is 7.05 Å². The van der Waals surface area contributed by atoms with Gasteiger partial charge in [-0.25, -0.2) is 0 Å². The van der Waals surface area contributed by atoms with Crippen molar-refractivity contribution in [2.24, 2.45) is 12.8 Å². The van der Waals surface area contributed by atoms with Crippen LogP contribution in [0.4, 0.5) is 0 Å². The molecule has 0 saturated carbocycles. The van der Waals surface area contributed by atoms with Crippen LogP contribution in [0.15, 0.2) is 18.2 Å². The van der Waals surface area contributed by atoms with Crippen molar-refractivity contribution in [2.45, 2.75) is 32.7 Å². The smallest absolute Gasteiger partial charge is 0.176 e. The van der Waals surface area contributed by atoms with Crippen LogP contribution in [-0.2, 0) is 19.0 Å². The number of tetrazole rings is 1. The molecule has 5 nitrogen and oxygen atoms in total. The minimum absolute atomic E-state index is 0.485. The lowest BCUT2D eigenvalue weighted by atomic mass is 9.88. The first-order valence-corrected chi connectivity index (χ1v) is 5.98. The Bertz CT molecular complexity index is 556. The minimum atomic E-state index is -0.485. The normalized spacial score (nSPS) is 14.5. The zero-order valence-corrected chi connectivity index (χ0v) is 11.3. The summed E-state index contributed by atoms with van der Waals surface area (Å²) in [5.74, 6) is 0.667. The number of nitrogens with zero attached hydrogens (tertiary/aromatic N) is 4. The Morgan fingerprint density at radius 1 is 1.28 bits per heavy atom. The van der Waals surface area contributed by atoms with E-state index in [1.807, 2.05) is 6.92 Å². The molecule has 5 heteroatoms. The van der Waals surface area contributed by atoms with E-state index >= 15 is 0 Å². The average molecular weight is 245 g/mol. The first-order chi connectivity index (χ1) is 8.38. The molecular formula is C13H19N5. The first kappa shape index (κ1) is 12.7. The molecule has 1 atom stereocenters. The SMILES string of the molecule is Cc1ccc(C(C)(N)Cc2nnn(C)n2)cc1C. The molecule has 1 unspecified atom stereocenters. The summed E-state index contributed by atoms with van der Waals surface area (Å²) in [6, 6.07) is 6.30. The molecule has 2 rings (SSSR count). The minimum Gasteiger partial charge on any atom is -0.321 e. The predicted molar refractivity (Wildman–Crippen MR) is 70.0 cm³/mol. The fraction of sp³-hybridized carbons (Fsp3) is 0.462. The Morgan fingerprint density at radius 2 is 2.00 bits per heavy atom. The number of benzene rings is 1. The van der Waals surface area contributed by atoms with Crippen molar-refractivity contribution in [1.29, 1.82) is 0 Å². The van der Waals surface area contributed by atoms with Crippen LogP contribution in [0.2, 0.25) is 0 Å². The van der Waals surface area contributed by atoms with Crippen molar-refractivity contribution in [3.8, 4) is 0 Å².